The van der Waals surface area contributed by atoms with Crippen LogP contribution in [0.25, 0.3) is 0 Å². The topological polar surface area (TPSA) is 0 Å². The largest absolute Gasteiger partial charge is 0.0776 e. The van der Waals surface area contributed by atoms with Crippen LogP contribution >= 0.6 is 0 Å². The molecule has 98 valence electrons. The second-order valence-corrected chi connectivity index (χ2v) is 2.91. The highest BCUT2D eigenvalue weighted by molar-refractivity contribution is 4.63. The van der Waals surface area contributed by atoms with E-state index in [1.165, 1.54) is 38.5 Å². The molecule has 1 rings (SSSR count). The molecule has 0 amide bonds. The molecular weight excluding hydrogens is 180 g/mol. The Kier molecular flexibility index (Phi) is 47.3. The number of rotatable bonds is 1. The highest BCUT2D eigenvalue weighted by atomic mass is 14.2. The maximum absolute atomic E-state index is 2.32. The van der Waals surface area contributed by atoms with Gasteiger partial charge in [0.15, 0.2) is 0 Å². The average molecular weight is 218 g/mol. The van der Waals surface area contributed by atoms with Crippen molar-refractivity contribution in [2.75, 3.05) is 0 Å². The van der Waals surface area contributed by atoms with Crippen molar-refractivity contribution in [2.45, 2.75) is 94.4 Å². The smallest absolute Gasteiger partial charge is 0.0417 e. The third kappa shape index (κ3) is 20.2. The van der Waals surface area contributed by atoms with Crippen LogP contribution in [0.2, 0.25) is 0 Å². The van der Waals surface area contributed by atoms with Crippen molar-refractivity contribution < 1.29 is 0 Å². The molecule has 0 radical (unpaired) electrons. The highest BCUT2D eigenvalue weighted by Gasteiger charge is 2.09. The second kappa shape index (κ2) is 29.2. The molecule has 1 aliphatic rings. The summed E-state index contributed by atoms with van der Waals surface area (Å²) in [4.78, 5) is 0. The number of hydrogen-bond acceptors (Lipinski definition) is 0. The molecule has 0 nitrogen and oxygen atoms in total. The van der Waals surface area contributed by atoms with Gasteiger partial charge in [0, 0.05) is 0 Å². The lowest BCUT2D eigenvalue weighted by molar-refractivity contribution is 0.349. The van der Waals surface area contributed by atoms with Gasteiger partial charge in [0.2, 0.25) is 0 Å². The predicted octanol–water partition coefficient (Wildman–Crippen LogP) is 6.69. The van der Waals surface area contributed by atoms with Gasteiger partial charge in [0.05, 0.1) is 0 Å². The molecule has 0 atom stereocenters. The molecule has 0 spiro atoms. The minimum Gasteiger partial charge on any atom is -0.0776 e. The van der Waals surface area contributed by atoms with E-state index in [1.54, 1.807) is 0 Å². The van der Waals surface area contributed by atoms with E-state index in [1.807, 2.05) is 41.5 Å². The van der Waals surface area contributed by atoms with Gasteiger partial charge < -0.3 is 0 Å². The summed E-state index contributed by atoms with van der Waals surface area (Å²) < 4.78 is 0. The van der Waals surface area contributed by atoms with Crippen molar-refractivity contribution >= 4 is 0 Å². The molecule has 0 bridgehead atoms. The van der Waals surface area contributed by atoms with Crippen LogP contribution in [-0.4, -0.2) is 0 Å². The third-order valence-electron chi connectivity index (χ3n) is 2.30. The monoisotopic (exact) mass is 218 g/mol. The summed E-state index contributed by atoms with van der Waals surface area (Å²) in [6.45, 7) is 14.3. The summed E-state index contributed by atoms with van der Waals surface area (Å²) >= 11 is 0. The van der Waals surface area contributed by atoms with Crippen LogP contribution in [0.1, 0.15) is 94.4 Å². The fourth-order valence-electron chi connectivity index (χ4n) is 1.60. The fourth-order valence-corrected chi connectivity index (χ4v) is 1.60. The Balaban J connectivity index is -0.0000000755. The summed E-state index contributed by atoms with van der Waals surface area (Å²) in [5.41, 5.74) is 0. The van der Waals surface area contributed by atoms with E-state index < -0.39 is 0 Å². The van der Waals surface area contributed by atoms with Crippen molar-refractivity contribution in [1.82, 2.24) is 0 Å². The summed E-state index contributed by atoms with van der Waals surface area (Å²) in [7, 11) is 0. The lowest BCUT2D eigenvalue weighted by Crippen LogP contribution is -2.03. The molecule has 0 heterocycles. The van der Waals surface area contributed by atoms with Gasteiger partial charge in [-0.25, -0.2) is 0 Å². The molecule has 0 unspecified atom stereocenters. The maximum Gasteiger partial charge on any atom is -0.0417 e. The molecule has 0 N–H and O–H groups in total. The number of hydrogen-bond donors (Lipinski definition) is 0. The molecule has 0 aliphatic heterocycles. The molecule has 0 heteroatoms. The summed E-state index contributed by atoms with van der Waals surface area (Å²) in [5, 5.41) is 0. The van der Waals surface area contributed by atoms with E-state index in [0.29, 0.717) is 0 Å². The van der Waals surface area contributed by atoms with Crippen molar-refractivity contribution in [3.05, 3.63) is 0 Å². The minimum absolute atomic E-state index is 0. The van der Waals surface area contributed by atoms with Crippen LogP contribution < -0.4 is 0 Å². The Hall–Kier alpha value is 0. The molecule has 15 heavy (non-hydrogen) atoms. The van der Waals surface area contributed by atoms with Crippen LogP contribution in [0.4, 0.5) is 0 Å². The van der Waals surface area contributed by atoms with E-state index in [-0.39, 0.29) is 7.43 Å². The van der Waals surface area contributed by atoms with E-state index >= 15 is 0 Å². The average Bonchev–Trinajstić information content (AvgIpc) is 2.37. The van der Waals surface area contributed by atoms with Gasteiger partial charge in [-0.1, -0.05) is 94.4 Å². The Morgan fingerprint density at radius 2 is 1.07 bits per heavy atom. The summed E-state index contributed by atoms with van der Waals surface area (Å²) in [6.07, 6.45) is 8.93. The Labute approximate surface area is 101 Å². The van der Waals surface area contributed by atoms with Crippen LogP contribution in [0, 0.1) is 5.92 Å². The van der Waals surface area contributed by atoms with Crippen LogP contribution in [-0.2, 0) is 0 Å². The zero-order valence-corrected chi connectivity index (χ0v) is 11.8. The van der Waals surface area contributed by atoms with Crippen molar-refractivity contribution in [3.63, 3.8) is 0 Å². The second-order valence-electron chi connectivity index (χ2n) is 2.91. The Morgan fingerprint density at radius 3 is 1.27 bits per heavy atom. The predicted molar refractivity (Wildman–Crippen MR) is 77.6 cm³/mol. The quantitative estimate of drug-likeness (QED) is 0.460. The van der Waals surface area contributed by atoms with Crippen molar-refractivity contribution in [2.24, 2.45) is 5.92 Å². The van der Waals surface area contributed by atoms with E-state index in [2.05, 4.69) is 6.92 Å². The van der Waals surface area contributed by atoms with E-state index in [9.17, 15) is 0 Å². The molecule has 0 aromatic heterocycles. The normalized spacial score (nSPS) is 13.8. The van der Waals surface area contributed by atoms with Crippen LogP contribution in [0.15, 0.2) is 0 Å². The molecular formula is C15H38. The van der Waals surface area contributed by atoms with Crippen molar-refractivity contribution in [1.29, 1.82) is 0 Å². The first-order chi connectivity index (χ1) is 6.93. The van der Waals surface area contributed by atoms with Gasteiger partial charge in [-0.05, 0) is 5.92 Å². The molecule has 0 aromatic rings. The molecule has 0 saturated heterocycles. The lowest BCUT2D eigenvalue weighted by Gasteiger charge is -2.18. The third-order valence-corrected chi connectivity index (χ3v) is 2.30. The van der Waals surface area contributed by atoms with Crippen LogP contribution in [0.5, 0.6) is 0 Å². The van der Waals surface area contributed by atoms with Gasteiger partial charge in [-0.2, -0.15) is 0 Å². The first-order valence-electron chi connectivity index (χ1n) is 6.93. The van der Waals surface area contributed by atoms with Gasteiger partial charge in [-0.3, -0.25) is 0 Å². The van der Waals surface area contributed by atoms with Gasteiger partial charge >= 0.3 is 0 Å². The Morgan fingerprint density at radius 1 is 0.733 bits per heavy atom. The molecule has 1 aliphatic carbocycles. The lowest BCUT2D eigenvalue weighted by atomic mass is 9.88. The minimum atomic E-state index is 0. The van der Waals surface area contributed by atoms with Crippen LogP contribution in [0.3, 0.4) is 0 Å². The van der Waals surface area contributed by atoms with E-state index in [4.69, 9.17) is 0 Å². The Bertz CT molecular complexity index is 51.1. The zero-order chi connectivity index (χ0) is 11.8. The first kappa shape index (κ1) is 24.3. The molecule has 1 fully saturated rings. The zero-order valence-electron chi connectivity index (χ0n) is 11.8. The maximum atomic E-state index is 2.32. The molecule has 0 aromatic carbocycles. The fraction of sp³-hybridized carbons (Fsp3) is 1.00. The standard InChI is InChI=1S/C8H16.3C2H6.CH4/c1-2-8-6-4-3-5-7-8;3*1-2;/h8H,2-7H2,1H3;3*1-2H3;1H4. The first-order valence-corrected chi connectivity index (χ1v) is 6.93. The summed E-state index contributed by atoms with van der Waals surface area (Å²) in [6, 6.07) is 0. The van der Waals surface area contributed by atoms with Gasteiger partial charge in [-0.15, -0.1) is 0 Å². The van der Waals surface area contributed by atoms with Crippen molar-refractivity contribution in [3.8, 4) is 0 Å². The van der Waals surface area contributed by atoms with Gasteiger partial charge in [0.1, 0.15) is 0 Å². The van der Waals surface area contributed by atoms with Gasteiger partial charge in [0.25, 0.3) is 0 Å². The van der Waals surface area contributed by atoms with E-state index in [0.717, 1.165) is 5.92 Å². The SMILES string of the molecule is C.CC.CC.CC.CCC1CCCCC1. The highest BCUT2D eigenvalue weighted by Crippen LogP contribution is 2.25. The molecule has 1 saturated carbocycles. The summed E-state index contributed by atoms with van der Waals surface area (Å²) in [5.74, 6) is 1.09.